The zero-order valence-electron chi connectivity index (χ0n) is 18.3. The third-order valence-electron chi connectivity index (χ3n) is 4.96. The van der Waals surface area contributed by atoms with Crippen molar-refractivity contribution in [2.24, 2.45) is 0 Å². The van der Waals surface area contributed by atoms with E-state index < -0.39 is 43.1 Å². The van der Waals surface area contributed by atoms with Crippen LogP contribution in [0.1, 0.15) is 25.0 Å². The lowest BCUT2D eigenvalue weighted by molar-refractivity contribution is -0.136. The summed E-state index contributed by atoms with van der Waals surface area (Å²) in [6, 6.07) is 7.34. The first kappa shape index (κ1) is 25.8. The first-order valence-corrected chi connectivity index (χ1v) is 11.0. The Bertz CT molecular complexity index is 1440. The molecule has 1 aromatic carbocycles. The molecule has 0 bridgehead atoms. The first-order valence-electron chi connectivity index (χ1n) is 10.3. The summed E-state index contributed by atoms with van der Waals surface area (Å²) in [5.74, 6) is -4.51. The quantitative estimate of drug-likeness (QED) is 0.300. The van der Waals surface area contributed by atoms with Gasteiger partial charge in [-0.25, -0.2) is 19.1 Å². The molecule has 0 N–H and O–H groups in total. The highest BCUT2D eigenvalue weighted by Crippen LogP contribution is 2.30. The summed E-state index contributed by atoms with van der Waals surface area (Å²) in [7, 11) is 0. The van der Waals surface area contributed by atoms with Crippen molar-refractivity contribution in [3.63, 3.8) is 0 Å². The maximum Gasteiger partial charge on any atom is 0.390 e. The maximum absolute atomic E-state index is 14.3. The molecule has 3 aromatic heterocycles. The molecular weight excluding hydrogens is 532 g/mol. The van der Waals surface area contributed by atoms with Gasteiger partial charge in [0.2, 0.25) is 5.82 Å². The predicted molar refractivity (Wildman–Crippen MR) is 120 cm³/mol. The van der Waals surface area contributed by atoms with Crippen LogP contribution in [0.5, 0.6) is 0 Å². The Morgan fingerprint density at radius 1 is 1.00 bits per heavy atom. The Morgan fingerprint density at radius 3 is 2.31 bits per heavy atom. The van der Waals surface area contributed by atoms with E-state index in [1.165, 1.54) is 42.7 Å². The van der Waals surface area contributed by atoms with Gasteiger partial charge in [-0.2, -0.15) is 22.0 Å². The molecule has 0 unspecified atom stereocenters. The van der Waals surface area contributed by atoms with Gasteiger partial charge in [0, 0.05) is 30.3 Å². The van der Waals surface area contributed by atoms with Crippen LogP contribution in [0.15, 0.2) is 47.5 Å². The van der Waals surface area contributed by atoms with Crippen LogP contribution in [0.2, 0.25) is 10.0 Å². The van der Waals surface area contributed by atoms with E-state index in [4.69, 9.17) is 23.2 Å². The molecule has 0 atom stereocenters. The molecule has 0 radical (unpaired) electrons. The van der Waals surface area contributed by atoms with Crippen molar-refractivity contribution < 1.29 is 22.0 Å². The number of rotatable bonds is 7. The first-order chi connectivity index (χ1) is 16.8. The summed E-state index contributed by atoms with van der Waals surface area (Å²) in [5.41, 5.74) is -0.539. The van der Waals surface area contributed by atoms with E-state index in [0.29, 0.717) is 17.5 Å². The lowest BCUT2D eigenvalue weighted by atomic mass is 10.2. The third-order valence-corrected chi connectivity index (χ3v) is 5.53. The average molecular weight is 548 g/mol. The van der Waals surface area contributed by atoms with Crippen molar-refractivity contribution in [2.45, 2.75) is 38.5 Å². The normalized spacial score (nSPS) is 12.3. The van der Waals surface area contributed by atoms with Crippen LogP contribution >= 0.6 is 23.2 Å². The van der Waals surface area contributed by atoms with Gasteiger partial charge in [0.05, 0.1) is 17.6 Å². The Kier molecular flexibility index (Phi) is 6.88. The second-order valence-electron chi connectivity index (χ2n) is 7.77. The number of alkyl halides is 5. The van der Waals surface area contributed by atoms with E-state index in [1.807, 2.05) is 0 Å². The molecule has 0 aliphatic rings. The van der Waals surface area contributed by atoms with Gasteiger partial charge in [-0.05, 0) is 30.3 Å². The van der Waals surface area contributed by atoms with Crippen LogP contribution < -0.4 is 5.69 Å². The van der Waals surface area contributed by atoms with Gasteiger partial charge in [-0.15, -0.1) is 10.2 Å². The van der Waals surface area contributed by atoms with Gasteiger partial charge in [0.15, 0.2) is 11.6 Å². The fourth-order valence-electron chi connectivity index (χ4n) is 3.33. The van der Waals surface area contributed by atoms with Gasteiger partial charge in [0.1, 0.15) is 12.2 Å². The smallest absolute Gasteiger partial charge is 0.275 e. The number of nitrogens with zero attached hydrogens (tertiary/aromatic N) is 7. The number of hydrogen-bond acceptors (Lipinski definition) is 5. The molecule has 4 rings (SSSR count). The number of aromatic nitrogens is 7. The van der Waals surface area contributed by atoms with Crippen molar-refractivity contribution in [1.82, 2.24) is 34.1 Å². The van der Waals surface area contributed by atoms with Gasteiger partial charge < -0.3 is 0 Å². The molecular formula is C21H16Cl2F5N7O. The summed E-state index contributed by atoms with van der Waals surface area (Å²) in [4.78, 5) is 20.7. The SMILES string of the molecule is CC(F)(F)c1nc(Cn2nc(-c3ccc(Cl)cc3)n(CCC(F)(F)F)c2=O)nn1-c1cnccc1Cl. The predicted octanol–water partition coefficient (Wildman–Crippen LogP) is 5.11. The van der Waals surface area contributed by atoms with Crippen molar-refractivity contribution in [2.75, 3.05) is 0 Å². The largest absolute Gasteiger partial charge is 0.390 e. The molecule has 8 nitrogen and oxygen atoms in total. The minimum absolute atomic E-state index is 0.0272. The Labute approximate surface area is 209 Å². The Balaban J connectivity index is 1.78. The molecule has 0 fully saturated rings. The lowest BCUT2D eigenvalue weighted by Gasteiger charge is -2.11. The second-order valence-corrected chi connectivity index (χ2v) is 8.61. The zero-order valence-corrected chi connectivity index (χ0v) is 19.9. The van der Waals surface area contributed by atoms with Crippen LogP contribution in [-0.4, -0.2) is 40.3 Å². The fraction of sp³-hybridized carbons (Fsp3) is 0.286. The van der Waals surface area contributed by atoms with E-state index >= 15 is 0 Å². The Morgan fingerprint density at radius 2 is 1.69 bits per heavy atom. The van der Waals surface area contributed by atoms with E-state index in [-0.39, 0.29) is 22.4 Å². The van der Waals surface area contributed by atoms with Crippen LogP contribution in [0.3, 0.4) is 0 Å². The summed E-state index contributed by atoms with van der Waals surface area (Å²) in [6.45, 7) is -0.587. The number of pyridine rings is 1. The number of halogens is 7. The molecule has 3 heterocycles. The molecule has 0 aliphatic heterocycles. The summed E-state index contributed by atoms with van der Waals surface area (Å²) >= 11 is 12.0. The van der Waals surface area contributed by atoms with Crippen molar-refractivity contribution in [3.8, 4) is 17.1 Å². The van der Waals surface area contributed by atoms with Crippen molar-refractivity contribution in [1.29, 1.82) is 0 Å². The molecule has 4 aromatic rings. The fourth-order valence-corrected chi connectivity index (χ4v) is 3.64. The van der Waals surface area contributed by atoms with Crippen LogP contribution in [0.4, 0.5) is 22.0 Å². The molecule has 36 heavy (non-hydrogen) atoms. The Hall–Kier alpha value is -3.32. The van der Waals surface area contributed by atoms with Crippen LogP contribution in [0, 0.1) is 0 Å². The van der Waals surface area contributed by atoms with Crippen molar-refractivity contribution in [3.05, 3.63) is 74.9 Å². The highest BCUT2D eigenvalue weighted by atomic mass is 35.5. The van der Waals surface area contributed by atoms with Crippen molar-refractivity contribution >= 4 is 23.2 Å². The molecule has 0 saturated carbocycles. The molecule has 15 heteroatoms. The minimum Gasteiger partial charge on any atom is -0.275 e. The minimum atomic E-state index is -4.52. The van der Waals surface area contributed by atoms with Gasteiger partial charge in [-0.1, -0.05) is 23.2 Å². The van der Waals surface area contributed by atoms with Crippen LogP contribution in [-0.2, 0) is 19.0 Å². The highest BCUT2D eigenvalue weighted by molar-refractivity contribution is 6.32. The van der Waals surface area contributed by atoms with Gasteiger partial charge in [-0.3, -0.25) is 9.55 Å². The highest BCUT2D eigenvalue weighted by Gasteiger charge is 2.34. The molecule has 190 valence electrons. The van der Waals surface area contributed by atoms with Gasteiger partial charge >= 0.3 is 17.8 Å². The van der Waals surface area contributed by atoms with E-state index in [2.05, 4.69) is 20.2 Å². The number of hydrogen-bond donors (Lipinski definition) is 0. The zero-order chi connectivity index (χ0) is 26.3. The van der Waals surface area contributed by atoms with E-state index in [1.54, 1.807) is 0 Å². The standard InChI is InChI=1S/C21H16Cl2F5N7O/c1-20(24,25)18-30-16(31-35(18)15-10-29-8-6-14(15)23)11-34-19(36)33(9-7-21(26,27)28)17(32-34)12-2-4-13(22)5-3-12/h2-6,8,10H,7,9,11H2,1H3. The summed E-state index contributed by atoms with van der Waals surface area (Å²) < 4.78 is 69.8. The van der Waals surface area contributed by atoms with E-state index in [0.717, 1.165) is 13.9 Å². The summed E-state index contributed by atoms with van der Waals surface area (Å²) in [6.07, 6.45) is -3.23. The monoisotopic (exact) mass is 547 g/mol. The second kappa shape index (κ2) is 9.62. The average Bonchev–Trinajstić information content (AvgIpc) is 3.34. The molecule has 0 aliphatic carbocycles. The topological polar surface area (TPSA) is 83.4 Å². The molecule has 0 spiro atoms. The van der Waals surface area contributed by atoms with Gasteiger partial charge in [0.25, 0.3) is 0 Å². The third kappa shape index (κ3) is 5.57. The molecule has 0 amide bonds. The lowest BCUT2D eigenvalue weighted by Crippen LogP contribution is -2.27. The number of benzene rings is 1. The maximum atomic E-state index is 14.3. The van der Waals surface area contributed by atoms with Crippen LogP contribution in [0.25, 0.3) is 17.1 Å². The molecule has 0 saturated heterocycles. The summed E-state index contributed by atoms with van der Waals surface area (Å²) in [5, 5.41) is 8.63. The van der Waals surface area contributed by atoms with E-state index in [9.17, 15) is 26.7 Å².